The summed E-state index contributed by atoms with van der Waals surface area (Å²) < 4.78 is 29.1. The molecule has 5 unspecified atom stereocenters. The SMILES string of the molecule is O=[P+]([O-])C1(c2ccccc2)C2CC3OC(CC1O3)O2. The smallest absolute Gasteiger partial charge is 0.325 e. The van der Waals surface area contributed by atoms with Crippen LogP contribution in [-0.2, 0) is 23.9 Å². The average molecular weight is 280 g/mol. The Morgan fingerprint density at radius 2 is 1.63 bits per heavy atom. The monoisotopic (exact) mass is 280 g/mol. The fourth-order valence-corrected chi connectivity index (χ4v) is 4.64. The molecule has 0 radical (unpaired) electrons. The van der Waals surface area contributed by atoms with E-state index in [0.717, 1.165) is 5.56 Å². The van der Waals surface area contributed by atoms with Gasteiger partial charge >= 0.3 is 8.03 Å². The first-order chi connectivity index (χ1) is 9.21. The van der Waals surface area contributed by atoms with Crippen LogP contribution in [0.5, 0.6) is 0 Å². The van der Waals surface area contributed by atoms with Crippen molar-refractivity contribution in [2.24, 2.45) is 0 Å². The summed E-state index contributed by atoms with van der Waals surface area (Å²) in [7, 11) is -2.72. The molecule has 0 N–H and O–H groups in total. The van der Waals surface area contributed by atoms with E-state index < -0.39 is 13.2 Å². The van der Waals surface area contributed by atoms with Gasteiger partial charge in [-0.2, -0.15) is 0 Å². The largest absolute Gasteiger partial charge is 0.595 e. The number of benzene rings is 1. The summed E-state index contributed by atoms with van der Waals surface area (Å²) in [5.41, 5.74) is 0.750. The fourth-order valence-electron chi connectivity index (χ4n) is 3.47. The predicted molar refractivity (Wildman–Crippen MR) is 63.4 cm³/mol. The van der Waals surface area contributed by atoms with Crippen molar-refractivity contribution in [3.05, 3.63) is 35.9 Å². The summed E-state index contributed by atoms with van der Waals surface area (Å²) >= 11 is 0. The van der Waals surface area contributed by atoms with Crippen molar-refractivity contribution in [3.63, 3.8) is 0 Å². The van der Waals surface area contributed by atoms with Gasteiger partial charge in [-0.1, -0.05) is 34.9 Å². The molecule has 4 bridgehead atoms. The second-order valence-corrected chi connectivity index (χ2v) is 6.42. The molecule has 100 valence electrons. The van der Waals surface area contributed by atoms with E-state index in [4.69, 9.17) is 14.2 Å². The molecule has 1 aromatic carbocycles. The zero-order valence-electron chi connectivity index (χ0n) is 10.1. The van der Waals surface area contributed by atoms with Crippen LogP contribution in [0.2, 0.25) is 0 Å². The second-order valence-electron chi connectivity index (χ2n) is 5.16. The maximum atomic E-state index is 12.0. The van der Waals surface area contributed by atoms with Crippen LogP contribution in [0.3, 0.4) is 0 Å². The van der Waals surface area contributed by atoms with Gasteiger partial charge in [0.1, 0.15) is 12.2 Å². The lowest BCUT2D eigenvalue weighted by molar-refractivity contribution is -0.405. The Hall–Kier alpha value is -0.840. The van der Waals surface area contributed by atoms with Crippen LogP contribution in [0.25, 0.3) is 0 Å². The van der Waals surface area contributed by atoms with Crippen molar-refractivity contribution in [2.75, 3.05) is 0 Å². The molecule has 0 amide bonds. The van der Waals surface area contributed by atoms with Gasteiger partial charge in [-0.25, -0.2) is 0 Å². The maximum absolute atomic E-state index is 12.0. The molecule has 4 saturated heterocycles. The summed E-state index contributed by atoms with van der Waals surface area (Å²) in [5.74, 6) is 0. The van der Waals surface area contributed by atoms with E-state index in [-0.39, 0.29) is 24.8 Å². The van der Waals surface area contributed by atoms with Crippen molar-refractivity contribution in [3.8, 4) is 0 Å². The van der Waals surface area contributed by atoms with E-state index in [1.54, 1.807) is 0 Å². The van der Waals surface area contributed by atoms with Crippen molar-refractivity contribution in [1.29, 1.82) is 0 Å². The molecule has 4 aliphatic heterocycles. The predicted octanol–water partition coefficient (Wildman–Crippen LogP) is 1.24. The van der Waals surface area contributed by atoms with Crippen molar-refractivity contribution in [1.82, 2.24) is 0 Å². The molecule has 0 saturated carbocycles. The Kier molecular flexibility index (Phi) is 2.56. The highest BCUT2D eigenvalue weighted by atomic mass is 31.1. The topological polar surface area (TPSA) is 67.8 Å². The molecule has 4 heterocycles. The van der Waals surface area contributed by atoms with E-state index >= 15 is 0 Å². The Morgan fingerprint density at radius 1 is 1.05 bits per heavy atom. The van der Waals surface area contributed by atoms with Crippen LogP contribution >= 0.6 is 8.03 Å². The number of ether oxygens (including phenoxy) is 3. The van der Waals surface area contributed by atoms with Gasteiger partial charge in [0.2, 0.25) is 5.16 Å². The molecule has 5 nitrogen and oxygen atoms in total. The van der Waals surface area contributed by atoms with E-state index in [1.165, 1.54) is 0 Å². The number of hydrogen-bond acceptors (Lipinski definition) is 5. The average Bonchev–Trinajstić information content (AvgIpc) is 2.39. The first-order valence-electron chi connectivity index (χ1n) is 6.37. The summed E-state index contributed by atoms with van der Waals surface area (Å²) in [5, 5.41) is -1.08. The molecule has 6 heteroatoms. The second kappa shape index (κ2) is 4.08. The Bertz CT molecular complexity index is 489. The third-order valence-corrected chi connectivity index (χ3v) is 5.71. The van der Waals surface area contributed by atoms with Crippen molar-refractivity contribution < 1.29 is 23.7 Å². The lowest BCUT2D eigenvalue weighted by Gasteiger charge is -2.55. The minimum Gasteiger partial charge on any atom is -0.595 e. The molecule has 1 aromatic rings. The normalized spacial score (nSPS) is 44.4. The zero-order valence-corrected chi connectivity index (χ0v) is 11.0. The van der Waals surface area contributed by atoms with Gasteiger partial charge in [0.15, 0.2) is 12.6 Å². The van der Waals surface area contributed by atoms with Crippen LogP contribution in [0.4, 0.5) is 0 Å². The van der Waals surface area contributed by atoms with E-state index in [2.05, 4.69) is 0 Å². The first kappa shape index (κ1) is 11.9. The quantitative estimate of drug-likeness (QED) is 0.762. The highest BCUT2D eigenvalue weighted by molar-refractivity contribution is 7.38. The van der Waals surface area contributed by atoms with Gasteiger partial charge < -0.3 is 19.1 Å². The highest BCUT2D eigenvalue weighted by Gasteiger charge is 2.68. The molecular weight excluding hydrogens is 267 g/mol. The molecule has 5 rings (SSSR count). The minimum absolute atomic E-state index is 0.325. The molecule has 19 heavy (non-hydrogen) atoms. The van der Waals surface area contributed by atoms with E-state index in [0.29, 0.717) is 12.8 Å². The molecule has 0 aromatic heterocycles. The number of hydrogen-bond donors (Lipinski definition) is 0. The highest BCUT2D eigenvalue weighted by Crippen LogP contribution is 2.59. The van der Waals surface area contributed by atoms with Gasteiger partial charge in [0, 0.05) is 18.4 Å². The van der Waals surface area contributed by atoms with Gasteiger partial charge in [-0.05, 0) is 0 Å². The maximum Gasteiger partial charge on any atom is 0.325 e. The Morgan fingerprint density at radius 3 is 2.16 bits per heavy atom. The fraction of sp³-hybridized carbons (Fsp3) is 0.538. The van der Waals surface area contributed by atoms with Gasteiger partial charge in [0.25, 0.3) is 0 Å². The van der Waals surface area contributed by atoms with Gasteiger partial charge in [-0.15, -0.1) is 0 Å². The first-order valence-corrected chi connectivity index (χ1v) is 7.55. The third-order valence-electron chi connectivity index (χ3n) is 4.27. The zero-order chi connectivity index (χ0) is 13.0. The summed E-state index contributed by atoms with van der Waals surface area (Å²) in [4.78, 5) is 12.0. The van der Waals surface area contributed by atoms with Crippen LogP contribution < -0.4 is 4.89 Å². The van der Waals surface area contributed by atoms with E-state index in [1.807, 2.05) is 30.3 Å². The molecule has 4 aliphatic rings. The lowest BCUT2D eigenvalue weighted by Crippen LogP contribution is -2.66. The Balaban J connectivity index is 1.87. The lowest BCUT2D eigenvalue weighted by atomic mass is 9.79. The van der Waals surface area contributed by atoms with Crippen molar-refractivity contribution >= 4 is 8.03 Å². The molecule has 5 atom stereocenters. The standard InChI is InChI=1S/C13H13O5P/c14-19(15)13(8-4-2-1-3-5-8)9-6-11-17-10(13)7-12(16-9)18-11/h1-5,9-12H,6-7H2. The van der Waals surface area contributed by atoms with Crippen LogP contribution in [0.15, 0.2) is 30.3 Å². The van der Waals surface area contributed by atoms with Crippen LogP contribution in [-0.4, -0.2) is 24.8 Å². The van der Waals surface area contributed by atoms with Crippen molar-refractivity contribution in [2.45, 2.75) is 42.8 Å². The summed E-state index contributed by atoms with van der Waals surface area (Å²) in [6, 6.07) is 9.23. The third kappa shape index (κ3) is 1.51. The van der Waals surface area contributed by atoms with Gasteiger partial charge in [-0.3, -0.25) is 0 Å². The molecular formula is C13H13O5P. The molecule has 0 spiro atoms. The Labute approximate surface area is 111 Å². The van der Waals surface area contributed by atoms with Gasteiger partial charge in [0.05, 0.1) is 0 Å². The van der Waals surface area contributed by atoms with Crippen LogP contribution in [0, 0.1) is 0 Å². The summed E-state index contributed by atoms with van der Waals surface area (Å²) in [6.07, 6.45) is -0.487. The van der Waals surface area contributed by atoms with E-state index in [9.17, 15) is 9.46 Å². The number of rotatable bonds is 2. The van der Waals surface area contributed by atoms with Crippen LogP contribution in [0.1, 0.15) is 18.4 Å². The summed E-state index contributed by atoms with van der Waals surface area (Å²) in [6.45, 7) is 0. The molecule has 0 aliphatic carbocycles. The minimum atomic E-state index is -2.72. The molecule has 4 fully saturated rings.